The van der Waals surface area contributed by atoms with Gasteiger partial charge in [-0.15, -0.1) is 0 Å². The number of nitrogens with zero attached hydrogens (tertiary/aromatic N) is 1. The number of carboxylic acid groups (broad SMARTS) is 1. The summed E-state index contributed by atoms with van der Waals surface area (Å²) in [6.45, 7) is 3.59. The molecular formula is C28H34N2O5. The number of benzene rings is 2. The molecule has 7 heteroatoms. The third-order valence-electron chi connectivity index (χ3n) is 7.34. The molecule has 0 aromatic heterocycles. The number of alkyl carbamates (subject to hydrolysis) is 1. The van der Waals surface area contributed by atoms with Crippen LogP contribution in [0.1, 0.15) is 56.1 Å². The maximum atomic E-state index is 13.1. The van der Waals surface area contributed by atoms with Crippen molar-refractivity contribution in [3.63, 3.8) is 0 Å². The molecule has 1 fully saturated rings. The highest BCUT2D eigenvalue weighted by molar-refractivity contribution is 5.80. The standard InChI is InChI=1S/C28H34N2O5/c1-2-30(16-8-15-26(31)32)27(33)20-14-7-9-19(20)17-29-28(34)35-18-25-23-12-5-3-10-21(23)22-11-4-6-13-24(22)25/h3-6,10-13,19-20,25H,2,7-9,14-18H2,1H3,(H,29,34)(H,31,32)/t19-,20-/m0/s1. The number of carbonyl (C=O) groups is 3. The van der Waals surface area contributed by atoms with Gasteiger partial charge >= 0.3 is 12.1 Å². The Morgan fingerprint density at radius 1 is 1.03 bits per heavy atom. The van der Waals surface area contributed by atoms with E-state index in [4.69, 9.17) is 9.84 Å². The van der Waals surface area contributed by atoms with Crippen molar-refractivity contribution in [1.82, 2.24) is 10.2 Å². The van der Waals surface area contributed by atoms with Crippen LogP contribution in [0.4, 0.5) is 4.79 Å². The van der Waals surface area contributed by atoms with Crippen LogP contribution in [0.2, 0.25) is 0 Å². The molecule has 2 N–H and O–H groups in total. The summed E-state index contributed by atoms with van der Waals surface area (Å²) < 4.78 is 5.64. The minimum atomic E-state index is -0.848. The van der Waals surface area contributed by atoms with E-state index in [0.717, 1.165) is 19.3 Å². The lowest BCUT2D eigenvalue weighted by Gasteiger charge is -2.27. The summed E-state index contributed by atoms with van der Waals surface area (Å²) >= 11 is 0. The van der Waals surface area contributed by atoms with Crippen LogP contribution in [0.3, 0.4) is 0 Å². The zero-order chi connectivity index (χ0) is 24.8. The van der Waals surface area contributed by atoms with Gasteiger partial charge in [-0.2, -0.15) is 0 Å². The maximum absolute atomic E-state index is 13.1. The first kappa shape index (κ1) is 24.8. The molecule has 2 amide bonds. The van der Waals surface area contributed by atoms with Crippen molar-refractivity contribution in [3.8, 4) is 11.1 Å². The Kier molecular flexibility index (Phi) is 8.06. The number of hydrogen-bond donors (Lipinski definition) is 2. The van der Waals surface area contributed by atoms with E-state index < -0.39 is 12.1 Å². The maximum Gasteiger partial charge on any atom is 0.407 e. The van der Waals surface area contributed by atoms with Crippen LogP contribution in [0, 0.1) is 11.8 Å². The van der Waals surface area contributed by atoms with Gasteiger partial charge in [-0.3, -0.25) is 9.59 Å². The summed E-state index contributed by atoms with van der Waals surface area (Å²) in [5.41, 5.74) is 4.72. The summed E-state index contributed by atoms with van der Waals surface area (Å²) in [5.74, 6) is -0.850. The number of amides is 2. The Morgan fingerprint density at radius 2 is 1.69 bits per heavy atom. The predicted octanol–water partition coefficient (Wildman–Crippen LogP) is 4.65. The molecule has 2 aliphatic carbocycles. The van der Waals surface area contributed by atoms with Crippen molar-refractivity contribution in [2.45, 2.75) is 44.9 Å². The fourth-order valence-corrected chi connectivity index (χ4v) is 5.55. The first-order valence-electron chi connectivity index (χ1n) is 12.6. The van der Waals surface area contributed by atoms with Gasteiger partial charge in [0.1, 0.15) is 6.61 Å². The Labute approximate surface area is 206 Å². The highest BCUT2D eigenvalue weighted by Gasteiger charge is 2.35. The summed E-state index contributed by atoms with van der Waals surface area (Å²) in [5, 5.41) is 11.8. The zero-order valence-corrected chi connectivity index (χ0v) is 20.2. The van der Waals surface area contributed by atoms with Gasteiger partial charge in [0.15, 0.2) is 0 Å². The lowest BCUT2D eigenvalue weighted by molar-refractivity contribution is -0.139. The van der Waals surface area contributed by atoms with E-state index in [2.05, 4.69) is 29.6 Å². The van der Waals surface area contributed by atoms with Crippen LogP contribution >= 0.6 is 0 Å². The molecule has 0 bridgehead atoms. The van der Waals surface area contributed by atoms with Crippen molar-refractivity contribution >= 4 is 18.0 Å². The van der Waals surface area contributed by atoms with Gasteiger partial charge in [0.2, 0.25) is 5.91 Å². The highest BCUT2D eigenvalue weighted by atomic mass is 16.5. The molecule has 0 saturated heterocycles. The molecule has 2 atom stereocenters. The van der Waals surface area contributed by atoms with Gasteiger partial charge in [-0.05, 0) is 54.4 Å². The average Bonchev–Trinajstić information content (AvgIpc) is 3.46. The van der Waals surface area contributed by atoms with E-state index in [1.807, 2.05) is 31.2 Å². The molecule has 0 unspecified atom stereocenters. The summed E-state index contributed by atoms with van der Waals surface area (Å²) in [6.07, 6.45) is 2.67. The van der Waals surface area contributed by atoms with Crippen molar-refractivity contribution < 1.29 is 24.2 Å². The van der Waals surface area contributed by atoms with E-state index >= 15 is 0 Å². The monoisotopic (exact) mass is 478 g/mol. The van der Waals surface area contributed by atoms with Gasteiger partial charge in [0, 0.05) is 37.9 Å². The SMILES string of the molecule is CCN(CCCC(=O)O)C(=O)[C@H]1CCC[C@H]1CNC(=O)OCC1c2ccccc2-c2ccccc21. The van der Waals surface area contributed by atoms with Gasteiger partial charge in [0.25, 0.3) is 0 Å². The van der Waals surface area contributed by atoms with Gasteiger partial charge in [0.05, 0.1) is 0 Å². The second kappa shape index (κ2) is 11.4. The second-order valence-electron chi connectivity index (χ2n) is 9.42. The third kappa shape index (κ3) is 5.66. The molecule has 0 aliphatic heterocycles. The van der Waals surface area contributed by atoms with Crippen molar-refractivity contribution in [2.24, 2.45) is 11.8 Å². The third-order valence-corrected chi connectivity index (χ3v) is 7.34. The average molecular weight is 479 g/mol. The molecule has 35 heavy (non-hydrogen) atoms. The Morgan fingerprint density at radius 3 is 2.31 bits per heavy atom. The quantitative estimate of drug-likeness (QED) is 0.518. The minimum Gasteiger partial charge on any atom is -0.481 e. The molecule has 0 radical (unpaired) electrons. The van der Waals surface area contributed by atoms with Crippen LogP contribution in [0.5, 0.6) is 0 Å². The number of carboxylic acids is 1. The van der Waals surface area contributed by atoms with Crippen molar-refractivity contribution in [1.29, 1.82) is 0 Å². The normalized spacial score (nSPS) is 18.5. The number of carbonyl (C=O) groups excluding carboxylic acids is 2. The number of rotatable bonds is 10. The molecule has 186 valence electrons. The number of nitrogens with one attached hydrogen (secondary N) is 1. The predicted molar refractivity (Wildman–Crippen MR) is 133 cm³/mol. The lowest BCUT2D eigenvalue weighted by Crippen LogP contribution is -2.41. The molecule has 7 nitrogen and oxygen atoms in total. The first-order valence-corrected chi connectivity index (χ1v) is 12.6. The van der Waals surface area contributed by atoms with E-state index in [1.54, 1.807) is 4.90 Å². The summed E-state index contributed by atoms with van der Waals surface area (Å²) in [6, 6.07) is 16.5. The summed E-state index contributed by atoms with van der Waals surface area (Å²) in [7, 11) is 0. The van der Waals surface area contributed by atoms with Crippen LogP contribution < -0.4 is 5.32 Å². The molecule has 0 heterocycles. The highest BCUT2D eigenvalue weighted by Crippen LogP contribution is 2.44. The Hall–Kier alpha value is -3.35. The van der Waals surface area contributed by atoms with E-state index in [0.29, 0.717) is 26.1 Å². The lowest BCUT2D eigenvalue weighted by atomic mass is 9.94. The van der Waals surface area contributed by atoms with Crippen LogP contribution in [0.15, 0.2) is 48.5 Å². The van der Waals surface area contributed by atoms with Gasteiger partial charge in [-0.25, -0.2) is 4.79 Å². The first-order chi connectivity index (χ1) is 17.0. The summed E-state index contributed by atoms with van der Waals surface area (Å²) in [4.78, 5) is 38.2. The topological polar surface area (TPSA) is 95.9 Å². The van der Waals surface area contributed by atoms with Crippen molar-refractivity contribution in [2.75, 3.05) is 26.2 Å². The fraction of sp³-hybridized carbons (Fsp3) is 0.464. The van der Waals surface area contributed by atoms with Crippen LogP contribution in [0.25, 0.3) is 11.1 Å². The largest absolute Gasteiger partial charge is 0.481 e. The van der Waals surface area contributed by atoms with Crippen LogP contribution in [-0.4, -0.2) is 54.2 Å². The number of aliphatic carboxylic acids is 1. The van der Waals surface area contributed by atoms with Gasteiger partial charge in [-0.1, -0.05) is 55.0 Å². The molecule has 2 aromatic carbocycles. The smallest absolute Gasteiger partial charge is 0.407 e. The van der Waals surface area contributed by atoms with Crippen LogP contribution in [-0.2, 0) is 14.3 Å². The number of fused-ring (bicyclic) bond motifs is 3. The molecule has 0 spiro atoms. The number of hydrogen-bond acceptors (Lipinski definition) is 4. The molecular weight excluding hydrogens is 444 g/mol. The molecule has 2 aliphatic rings. The zero-order valence-electron chi connectivity index (χ0n) is 20.2. The molecule has 2 aromatic rings. The van der Waals surface area contributed by atoms with Gasteiger partial charge < -0.3 is 20.1 Å². The van der Waals surface area contributed by atoms with E-state index in [1.165, 1.54) is 22.3 Å². The van der Waals surface area contributed by atoms with E-state index in [9.17, 15) is 14.4 Å². The fourth-order valence-electron chi connectivity index (χ4n) is 5.55. The van der Waals surface area contributed by atoms with Crippen molar-refractivity contribution in [3.05, 3.63) is 59.7 Å². The Balaban J connectivity index is 1.29. The number of ether oxygens (including phenoxy) is 1. The Bertz CT molecular complexity index is 1020. The second-order valence-corrected chi connectivity index (χ2v) is 9.42. The minimum absolute atomic E-state index is 0.0119. The van der Waals surface area contributed by atoms with E-state index in [-0.39, 0.29) is 36.7 Å². The molecule has 1 saturated carbocycles. The molecule has 4 rings (SSSR count).